The van der Waals surface area contributed by atoms with Crippen LogP contribution in [0.1, 0.15) is 57.8 Å². The lowest BCUT2D eigenvalue weighted by Gasteiger charge is -2.19. The number of amides is 2. The number of nitrogens with one attached hydrogen (secondary N) is 2. The second kappa shape index (κ2) is 10.0. The van der Waals surface area contributed by atoms with E-state index >= 15 is 0 Å². The maximum atomic E-state index is 13.3. The van der Waals surface area contributed by atoms with Crippen molar-refractivity contribution in [1.29, 1.82) is 0 Å². The first-order valence-electron chi connectivity index (χ1n) is 12.2. The van der Waals surface area contributed by atoms with Crippen molar-refractivity contribution in [1.82, 2.24) is 10.6 Å². The van der Waals surface area contributed by atoms with Crippen molar-refractivity contribution >= 4 is 33.4 Å². The lowest BCUT2D eigenvalue weighted by atomic mass is 9.98. The van der Waals surface area contributed by atoms with Crippen LogP contribution in [0.3, 0.4) is 0 Å². The number of hydrogen-bond acceptors (Lipinski definition) is 2. The van der Waals surface area contributed by atoms with Gasteiger partial charge in [-0.25, -0.2) is 0 Å². The average molecular weight is 473 g/mol. The molecule has 5 aromatic rings. The molecule has 178 valence electrons. The molecule has 0 fully saturated rings. The maximum absolute atomic E-state index is 13.3. The Morgan fingerprint density at radius 3 is 1.31 bits per heavy atom. The predicted octanol–water partition coefficient (Wildman–Crippen LogP) is 6.98. The van der Waals surface area contributed by atoms with Crippen molar-refractivity contribution in [2.45, 2.75) is 25.9 Å². The molecule has 0 aliphatic heterocycles. The van der Waals surface area contributed by atoms with E-state index in [1.807, 2.05) is 62.4 Å². The molecular formula is C32H28N2O2. The van der Waals surface area contributed by atoms with Crippen molar-refractivity contribution in [3.63, 3.8) is 0 Å². The summed E-state index contributed by atoms with van der Waals surface area (Å²) < 4.78 is 0. The van der Waals surface area contributed by atoms with Crippen molar-refractivity contribution in [3.05, 3.63) is 131 Å². The summed E-state index contributed by atoms with van der Waals surface area (Å²) in [5.74, 6) is -0.557. The van der Waals surface area contributed by atoms with E-state index in [-0.39, 0.29) is 23.9 Å². The number of carbonyl (C=O) groups is 2. The average Bonchev–Trinajstić information content (AvgIpc) is 2.92. The monoisotopic (exact) mass is 472 g/mol. The van der Waals surface area contributed by atoms with Gasteiger partial charge in [-0.1, -0.05) is 97.1 Å². The Hall–Kier alpha value is -4.44. The van der Waals surface area contributed by atoms with Crippen molar-refractivity contribution < 1.29 is 9.59 Å². The van der Waals surface area contributed by atoms with E-state index in [0.717, 1.165) is 32.7 Å². The topological polar surface area (TPSA) is 58.2 Å². The first-order chi connectivity index (χ1) is 17.5. The van der Waals surface area contributed by atoms with Gasteiger partial charge in [-0.15, -0.1) is 0 Å². The first kappa shape index (κ1) is 23.3. The Labute approximate surface area is 211 Å². The van der Waals surface area contributed by atoms with Crippen LogP contribution in [-0.4, -0.2) is 11.8 Å². The van der Waals surface area contributed by atoms with E-state index in [9.17, 15) is 9.59 Å². The molecule has 0 aliphatic carbocycles. The summed E-state index contributed by atoms with van der Waals surface area (Å²) in [6.45, 7) is 3.93. The molecule has 2 N–H and O–H groups in total. The molecule has 4 heteroatoms. The zero-order chi connectivity index (χ0) is 25.1. The van der Waals surface area contributed by atoms with E-state index < -0.39 is 0 Å². The van der Waals surface area contributed by atoms with Crippen LogP contribution in [0.5, 0.6) is 0 Å². The molecule has 0 aromatic heterocycles. The highest BCUT2D eigenvalue weighted by Gasteiger charge is 2.21. The smallest absolute Gasteiger partial charge is 0.252 e. The van der Waals surface area contributed by atoms with Gasteiger partial charge in [-0.2, -0.15) is 0 Å². The summed E-state index contributed by atoms with van der Waals surface area (Å²) in [4.78, 5) is 26.7. The van der Waals surface area contributed by atoms with Crippen LogP contribution in [0, 0.1) is 0 Å². The number of hydrogen-bond donors (Lipinski definition) is 2. The van der Waals surface area contributed by atoms with Gasteiger partial charge in [0.15, 0.2) is 0 Å². The quantitative estimate of drug-likeness (QED) is 0.280. The molecule has 0 heterocycles. The molecule has 36 heavy (non-hydrogen) atoms. The Balaban J connectivity index is 1.37. The minimum atomic E-state index is -0.279. The van der Waals surface area contributed by atoms with E-state index in [4.69, 9.17) is 0 Å². The van der Waals surface area contributed by atoms with Gasteiger partial charge in [-0.3, -0.25) is 9.59 Å². The molecule has 5 rings (SSSR count). The van der Waals surface area contributed by atoms with Gasteiger partial charge in [0.2, 0.25) is 0 Å². The molecule has 2 atom stereocenters. The van der Waals surface area contributed by atoms with Gasteiger partial charge in [0.05, 0.1) is 23.2 Å². The first-order valence-corrected chi connectivity index (χ1v) is 12.2. The molecule has 5 aromatic carbocycles. The molecule has 0 bridgehead atoms. The Bertz CT molecular complexity index is 1440. The minimum Gasteiger partial charge on any atom is -0.345 e. The lowest BCUT2D eigenvalue weighted by molar-refractivity contribution is 0.0905. The van der Waals surface area contributed by atoms with E-state index in [1.165, 1.54) is 0 Å². The largest absolute Gasteiger partial charge is 0.345 e. The van der Waals surface area contributed by atoms with Gasteiger partial charge in [-0.05, 0) is 58.7 Å². The normalized spacial score (nSPS) is 12.7. The van der Waals surface area contributed by atoms with Gasteiger partial charge in [0, 0.05) is 0 Å². The molecule has 2 unspecified atom stereocenters. The minimum absolute atomic E-state index is 0.227. The molecular weight excluding hydrogens is 444 g/mol. The predicted molar refractivity (Wildman–Crippen MR) is 146 cm³/mol. The van der Waals surface area contributed by atoms with Crippen LogP contribution in [-0.2, 0) is 0 Å². The molecule has 0 radical (unpaired) electrons. The molecule has 4 nitrogen and oxygen atoms in total. The molecule has 0 spiro atoms. The van der Waals surface area contributed by atoms with Crippen LogP contribution < -0.4 is 10.6 Å². The standard InChI is InChI=1S/C32H28N2O2/c1-21(25-19-9-13-23-11-3-5-15-27(23)25)33-31(35)29-17-7-8-18-30(29)32(36)34-22(2)26-20-10-14-24-12-4-6-16-28(24)26/h3-22H,1-2H3,(H,33,35)(H,34,36). The van der Waals surface area contributed by atoms with Crippen LogP contribution >= 0.6 is 0 Å². The zero-order valence-corrected chi connectivity index (χ0v) is 20.4. The van der Waals surface area contributed by atoms with E-state index in [1.54, 1.807) is 24.3 Å². The number of rotatable bonds is 6. The molecule has 0 saturated heterocycles. The Morgan fingerprint density at radius 1 is 0.500 bits per heavy atom. The number of fused-ring (bicyclic) bond motifs is 2. The molecule has 2 amide bonds. The van der Waals surface area contributed by atoms with Crippen LogP contribution in [0.2, 0.25) is 0 Å². The Kier molecular flexibility index (Phi) is 6.50. The van der Waals surface area contributed by atoms with Gasteiger partial charge in [0.1, 0.15) is 0 Å². The van der Waals surface area contributed by atoms with E-state index in [2.05, 4.69) is 47.0 Å². The summed E-state index contributed by atoms with van der Waals surface area (Å²) in [6, 6.07) is 34.9. The van der Waals surface area contributed by atoms with Crippen molar-refractivity contribution in [2.75, 3.05) is 0 Å². The third-order valence-electron chi connectivity index (χ3n) is 6.69. The van der Waals surface area contributed by atoms with Crippen molar-refractivity contribution in [2.24, 2.45) is 0 Å². The summed E-state index contributed by atoms with van der Waals surface area (Å²) >= 11 is 0. The second-order valence-electron chi connectivity index (χ2n) is 9.07. The zero-order valence-electron chi connectivity index (χ0n) is 20.4. The number of benzene rings is 5. The van der Waals surface area contributed by atoms with Crippen LogP contribution in [0.4, 0.5) is 0 Å². The van der Waals surface area contributed by atoms with Gasteiger partial charge >= 0.3 is 0 Å². The van der Waals surface area contributed by atoms with Gasteiger partial charge in [0.25, 0.3) is 11.8 Å². The van der Waals surface area contributed by atoms with Gasteiger partial charge < -0.3 is 10.6 Å². The molecule has 0 saturated carbocycles. The Morgan fingerprint density at radius 2 is 0.861 bits per heavy atom. The number of carbonyl (C=O) groups excluding carboxylic acids is 2. The summed E-state index contributed by atoms with van der Waals surface area (Å²) in [5.41, 5.74) is 2.78. The van der Waals surface area contributed by atoms with Crippen LogP contribution in [0.25, 0.3) is 21.5 Å². The highest BCUT2D eigenvalue weighted by molar-refractivity contribution is 6.07. The summed E-state index contributed by atoms with van der Waals surface area (Å²) in [5, 5.41) is 10.6. The third-order valence-corrected chi connectivity index (χ3v) is 6.69. The fourth-order valence-electron chi connectivity index (χ4n) is 4.84. The fourth-order valence-corrected chi connectivity index (χ4v) is 4.84. The highest BCUT2D eigenvalue weighted by Crippen LogP contribution is 2.26. The van der Waals surface area contributed by atoms with Crippen LogP contribution in [0.15, 0.2) is 109 Å². The fraction of sp³-hybridized carbons (Fsp3) is 0.125. The van der Waals surface area contributed by atoms with Crippen molar-refractivity contribution in [3.8, 4) is 0 Å². The third kappa shape index (κ3) is 4.58. The second-order valence-corrected chi connectivity index (χ2v) is 9.07. The summed E-state index contributed by atoms with van der Waals surface area (Å²) in [6.07, 6.45) is 0. The molecule has 0 aliphatic rings. The van der Waals surface area contributed by atoms with E-state index in [0.29, 0.717) is 11.1 Å². The maximum Gasteiger partial charge on any atom is 0.252 e. The summed E-state index contributed by atoms with van der Waals surface area (Å²) in [7, 11) is 0. The SMILES string of the molecule is CC(NC(=O)c1ccccc1C(=O)NC(C)c1cccc2ccccc12)c1cccc2ccccc12. The lowest BCUT2D eigenvalue weighted by Crippen LogP contribution is -2.32. The highest BCUT2D eigenvalue weighted by atomic mass is 16.2.